The molecule has 30 heavy (non-hydrogen) atoms. The van der Waals surface area contributed by atoms with Crippen molar-refractivity contribution in [3.05, 3.63) is 58.6 Å². The minimum Gasteiger partial charge on any atom is -0.307 e. The van der Waals surface area contributed by atoms with Gasteiger partial charge in [-0.05, 0) is 54.2 Å². The number of allylic oxidation sites excluding steroid dienone is 1. The van der Waals surface area contributed by atoms with Crippen molar-refractivity contribution in [1.82, 2.24) is 10.3 Å². The Morgan fingerprint density at radius 1 is 1.13 bits per heavy atom. The summed E-state index contributed by atoms with van der Waals surface area (Å²) in [5.41, 5.74) is 0.946. The van der Waals surface area contributed by atoms with E-state index in [9.17, 15) is 18.0 Å². The molecular weight excluding hydrogens is 429 g/mol. The van der Waals surface area contributed by atoms with Crippen molar-refractivity contribution < 1.29 is 18.0 Å². The van der Waals surface area contributed by atoms with Crippen LogP contribution in [0.3, 0.4) is 0 Å². The van der Waals surface area contributed by atoms with E-state index >= 15 is 0 Å². The third-order valence-corrected chi connectivity index (χ3v) is 6.70. The number of alkyl halides is 3. The molecule has 2 aliphatic rings. The van der Waals surface area contributed by atoms with Gasteiger partial charge in [-0.3, -0.25) is 9.78 Å². The second kappa shape index (κ2) is 8.51. The third-order valence-electron chi connectivity index (χ3n) is 5.45. The van der Waals surface area contributed by atoms with Gasteiger partial charge in [0.1, 0.15) is 4.32 Å². The van der Waals surface area contributed by atoms with Crippen molar-refractivity contribution >= 4 is 39.8 Å². The van der Waals surface area contributed by atoms with Crippen LogP contribution in [0.4, 0.5) is 13.2 Å². The molecule has 8 heteroatoms. The van der Waals surface area contributed by atoms with E-state index in [0.29, 0.717) is 16.8 Å². The standard InChI is InChI=1S/C22H19F3N2OS2/c23-22(24,25)16-10-9-14(17-8-4-5-11-26-17)12-15(16)18(13-6-2-1-3-7-13)19-20(28)27-21(29)30-19/h4-5,8-13H,1-3,6-7H2,(H,27,28,29)/b19-18-. The zero-order valence-corrected chi connectivity index (χ0v) is 17.6. The second-order valence-electron chi connectivity index (χ2n) is 7.39. The number of hydrogen-bond donors (Lipinski definition) is 1. The number of thiocarbonyl (C=S) groups is 1. The average molecular weight is 449 g/mol. The van der Waals surface area contributed by atoms with Crippen molar-refractivity contribution in [2.45, 2.75) is 38.3 Å². The molecule has 0 unspecified atom stereocenters. The van der Waals surface area contributed by atoms with Gasteiger partial charge in [-0.15, -0.1) is 0 Å². The highest BCUT2D eigenvalue weighted by atomic mass is 32.2. The molecule has 2 fully saturated rings. The summed E-state index contributed by atoms with van der Waals surface area (Å²) in [5.74, 6) is -0.532. The summed E-state index contributed by atoms with van der Waals surface area (Å²) in [6.07, 6.45) is 1.48. The highest BCUT2D eigenvalue weighted by Crippen LogP contribution is 2.46. The molecule has 4 rings (SSSR count). The molecule has 1 N–H and O–H groups in total. The second-order valence-corrected chi connectivity index (χ2v) is 9.08. The first-order valence-electron chi connectivity index (χ1n) is 9.75. The number of nitrogens with zero attached hydrogens (tertiary/aromatic N) is 1. The van der Waals surface area contributed by atoms with Gasteiger partial charge >= 0.3 is 6.18 Å². The number of carbonyl (C=O) groups is 1. The van der Waals surface area contributed by atoms with E-state index in [2.05, 4.69) is 10.3 Å². The van der Waals surface area contributed by atoms with E-state index in [-0.39, 0.29) is 20.7 Å². The molecule has 1 aromatic carbocycles. The topological polar surface area (TPSA) is 42.0 Å². The third kappa shape index (κ3) is 4.30. The van der Waals surface area contributed by atoms with Crippen molar-refractivity contribution in [2.24, 2.45) is 5.92 Å². The fraction of sp³-hybridized carbons (Fsp3) is 0.318. The van der Waals surface area contributed by atoms with Crippen LogP contribution in [0.2, 0.25) is 0 Å². The molecule has 0 radical (unpaired) electrons. The number of rotatable bonds is 3. The van der Waals surface area contributed by atoms with Gasteiger partial charge in [0.2, 0.25) is 0 Å². The maximum atomic E-state index is 14.0. The fourth-order valence-corrected chi connectivity index (χ4v) is 5.32. The molecule has 3 nitrogen and oxygen atoms in total. The van der Waals surface area contributed by atoms with Gasteiger partial charge in [0.05, 0.1) is 16.2 Å². The van der Waals surface area contributed by atoms with Crippen molar-refractivity contribution in [3.8, 4) is 11.3 Å². The lowest BCUT2D eigenvalue weighted by Crippen LogP contribution is -2.21. The van der Waals surface area contributed by atoms with Gasteiger partial charge in [0.15, 0.2) is 0 Å². The lowest BCUT2D eigenvalue weighted by molar-refractivity contribution is -0.137. The van der Waals surface area contributed by atoms with Gasteiger partial charge in [0.25, 0.3) is 5.91 Å². The van der Waals surface area contributed by atoms with Gasteiger partial charge in [0, 0.05) is 11.8 Å². The number of nitrogens with one attached hydrogen (secondary N) is 1. The van der Waals surface area contributed by atoms with Crippen LogP contribution in [-0.4, -0.2) is 15.2 Å². The normalized spacial score (nSPS) is 19.7. The van der Waals surface area contributed by atoms with Gasteiger partial charge in [-0.2, -0.15) is 13.2 Å². The highest BCUT2D eigenvalue weighted by molar-refractivity contribution is 8.26. The molecule has 1 saturated heterocycles. The Hall–Kier alpha value is -2.19. The van der Waals surface area contributed by atoms with E-state index in [1.807, 2.05) is 0 Å². The Morgan fingerprint density at radius 2 is 1.90 bits per heavy atom. The molecule has 2 aromatic rings. The summed E-state index contributed by atoms with van der Waals surface area (Å²) >= 11 is 6.18. The van der Waals surface area contributed by atoms with Crippen LogP contribution >= 0.6 is 24.0 Å². The number of halogens is 3. The quantitative estimate of drug-likeness (QED) is 0.448. The summed E-state index contributed by atoms with van der Waals surface area (Å²) in [4.78, 5) is 17.2. The first-order valence-corrected chi connectivity index (χ1v) is 11.0. The lowest BCUT2D eigenvalue weighted by Gasteiger charge is -2.28. The summed E-state index contributed by atoms with van der Waals surface area (Å²) < 4.78 is 42.3. The molecule has 0 atom stereocenters. The molecule has 1 amide bonds. The van der Waals surface area contributed by atoms with Gasteiger partial charge in [-0.25, -0.2) is 0 Å². The molecule has 156 valence electrons. The smallest absolute Gasteiger partial charge is 0.307 e. The maximum Gasteiger partial charge on any atom is 0.416 e. The van der Waals surface area contributed by atoms with Crippen LogP contribution in [0.25, 0.3) is 16.8 Å². The first-order chi connectivity index (χ1) is 14.3. The lowest BCUT2D eigenvalue weighted by atomic mass is 9.79. The molecule has 0 spiro atoms. The number of benzene rings is 1. The minimum absolute atomic E-state index is 0.0555. The molecule has 2 heterocycles. The fourth-order valence-electron chi connectivity index (χ4n) is 4.12. The molecule has 1 aliphatic carbocycles. The largest absolute Gasteiger partial charge is 0.416 e. The van der Waals surface area contributed by atoms with E-state index in [1.165, 1.54) is 12.1 Å². The van der Waals surface area contributed by atoms with Crippen molar-refractivity contribution in [1.29, 1.82) is 0 Å². The molecular formula is C22H19F3N2OS2. The Balaban J connectivity index is 1.96. The number of amides is 1. The number of thioether (sulfide) groups is 1. The Morgan fingerprint density at radius 3 is 2.50 bits per heavy atom. The Bertz CT molecular complexity index is 1010. The molecule has 1 aliphatic heterocycles. The zero-order valence-electron chi connectivity index (χ0n) is 16.0. The molecule has 1 saturated carbocycles. The molecule has 1 aromatic heterocycles. The monoisotopic (exact) mass is 448 g/mol. The van der Waals surface area contributed by atoms with E-state index in [0.717, 1.165) is 49.9 Å². The summed E-state index contributed by atoms with van der Waals surface area (Å²) in [7, 11) is 0. The van der Waals surface area contributed by atoms with E-state index in [4.69, 9.17) is 12.2 Å². The SMILES string of the molecule is O=C1NC(=S)S/C1=C(\c1cc(-c2ccccn2)ccc1C(F)(F)F)C1CCCCC1. The predicted molar refractivity (Wildman–Crippen MR) is 117 cm³/mol. The predicted octanol–water partition coefficient (Wildman–Crippen LogP) is 6.21. The van der Waals surface area contributed by atoms with Crippen LogP contribution in [0.1, 0.15) is 43.2 Å². The first kappa shape index (κ1) is 21.1. The van der Waals surface area contributed by atoms with Crippen molar-refractivity contribution in [2.75, 3.05) is 0 Å². The molecule has 0 bridgehead atoms. The van der Waals surface area contributed by atoms with E-state index in [1.54, 1.807) is 24.4 Å². The maximum absolute atomic E-state index is 14.0. The summed E-state index contributed by atoms with van der Waals surface area (Å²) in [5, 5.41) is 2.56. The number of carbonyl (C=O) groups excluding carboxylic acids is 1. The number of aromatic nitrogens is 1. The van der Waals surface area contributed by atoms with Crippen LogP contribution in [-0.2, 0) is 11.0 Å². The summed E-state index contributed by atoms with van der Waals surface area (Å²) in [6, 6.07) is 9.36. The average Bonchev–Trinajstić information content (AvgIpc) is 3.06. The highest BCUT2D eigenvalue weighted by Gasteiger charge is 2.38. The minimum atomic E-state index is -4.54. The van der Waals surface area contributed by atoms with Crippen molar-refractivity contribution in [3.63, 3.8) is 0 Å². The van der Waals surface area contributed by atoms with Crippen LogP contribution in [0.15, 0.2) is 47.5 Å². The van der Waals surface area contributed by atoms with E-state index < -0.39 is 17.6 Å². The Kier molecular flexibility index (Phi) is 5.97. The zero-order chi connectivity index (χ0) is 21.3. The van der Waals surface area contributed by atoms with Crippen LogP contribution < -0.4 is 5.32 Å². The summed E-state index contributed by atoms with van der Waals surface area (Å²) in [6.45, 7) is 0. The van der Waals surface area contributed by atoms with Crippen LogP contribution in [0.5, 0.6) is 0 Å². The van der Waals surface area contributed by atoms with Gasteiger partial charge in [-0.1, -0.05) is 55.4 Å². The Labute approximate surface area is 182 Å². The van der Waals surface area contributed by atoms with Gasteiger partial charge < -0.3 is 5.32 Å². The van der Waals surface area contributed by atoms with Crippen LogP contribution in [0, 0.1) is 5.92 Å². The number of hydrogen-bond acceptors (Lipinski definition) is 4. The number of pyridine rings is 1.